The number of piperazine rings is 1. The van der Waals surface area contributed by atoms with Gasteiger partial charge in [0.15, 0.2) is 0 Å². The van der Waals surface area contributed by atoms with Crippen molar-refractivity contribution in [1.29, 1.82) is 0 Å². The molecule has 1 atom stereocenters. The second kappa shape index (κ2) is 9.57. The number of hydrogen-bond donors (Lipinski definition) is 1. The molecule has 0 aliphatic carbocycles. The van der Waals surface area contributed by atoms with Crippen LogP contribution in [0.25, 0.3) is 0 Å². The quantitative estimate of drug-likeness (QED) is 0.476. The number of nitrogens with zero attached hydrogens (tertiary/aromatic N) is 4. The number of benzene rings is 1. The van der Waals surface area contributed by atoms with E-state index in [0.717, 1.165) is 37.6 Å². The van der Waals surface area contributed by atoms with Crippen molar-refractivity contribution in [1.82, 2.24) is 14.5 Å². The lowest BCUT2D eigenvalue weighted by atomic mass is 9.96. The van der Waals surface area contributed by atoms with Gasteiger partial charge in [0.1, 0.15) is 17.3 Å². The van der Waals surface area contributed by atoms with Crippen molar-refractivity contribution in [3.05, 3.63) is 112 Å². The number of rotatable bonds is 6. The fourth-order valence-corrected chi connectivity index (χ4v) is 4.73. The molecule has 4 aromatic rings. The van der Waals surface area contributed by atoms with Crippen LogP contribution in [0, 0.1) is 6.92 Å². The van der Waals surface area contributed by atoms with Crippen molar-refractivity contribution in [2.45, 2.75) is 19.5 Å². The number of aryl methyl sites for hydroxylation is 1. The first-order valence-electron chi connectivity index (χ1n) is 11.5. The first-order chi connectivity index (χ1) is 16.6. The van der Waals surface area contributed by atoms with E-state index in [1.807, 2.05) is 67.6 Å². The Kier molecular flexibility index (Phi) is 6.18. The van der Waals surface area contributed by atoms with E-state index in [1.54, 1.807) is 23.1 Å². The van der Waals surface area contributed by atoms with Crippen LogP contribution in [0.2, 0.25) is 0 Å². The zero-order valence-electron chi connectivity index (χ0n) is 19.2. The first-order valence-corrected chi connectivity index (χ1v) is 11.5. The molecule has 4 heterocycles. The molecule has 3 aromatic heterocycles. The maximum atomic E-state index is 13.8. The van der Waals surface area contributed by atoms with Crippen molar-refractivity contribution in [3.63, 3.8) is 0 Å². The maximum absolute atomic E-state index is 13.8. The molecule has 1 aliphatic heterocycles. The van der Waals surface area contributed by atoms with Crippen LogP contribution in [0.1, 0.15) is 28.6 Å². The Morgan fingerprint density at radius 1 is 1.00 bits per heavy atom. The highest BCUT2D eigenvalue weighted by Crippen LogP contribution is 2.33. The minimum Gasteiger partial charge on any atom is -0.507 e. The smallest absolute Gasteiger partial charge is 0.260 e. The predicted octanol–water partition coefficient (Wildman–Crippen LogP) is 3.81. The molecule has 7 nitrogen and oxygen atoms in total. The summed E-state index contributed by atoms with van der Waals surface area (Å²) in [6, 6.07) is 20.9. The second-order valence-corrected chi connectivity index (χ2v) is 8.58. The Morgan fingerprint density at radius 3 is 2.44 bits per heavy atom. The molecule has 1 aromatic carbocycles. The fourth-order valence-electron chi connectivity index (χ4n) is 4.73. The van der Waals surface area contributed by atoms with E-state index in [4.69, 9.17) is 4.42 Å². The summed E-state index contributed by atoms with van der Waals surface area (Å²) in [5, 5.41) is 11.0. The third kappa shape index (κ3) is 4.34. The molecule has 5 rings (SSSR count). The highest BCUT2D eigenvalue weighted by atomic mass is 16.3. The van der Waals surface area contributed by atoms with E-state index >= 15 is 0 Å². The minimum absolute atomic E-state index is 0.0270. The number of aromatic nitrogens is 2. The third-order valence-corrected chi connectivity index (χ3v) is 6.46. The molecule has 0 saturated carbocycles. The van der Waals surface area contributed by atoms with Gasteiger partial charge in [0.25, 0.3) is 5.56 Å². The summed E-state index contributed by atoms with van der Waals surface area (Å²) in [5.74, 6) is 1.68. The summed E-state index contributed by atoms with van der Waals surface area (Å²) >= 11 is 0. The third-order valence-electron chi connectivity index (χ3n) is 6.46. The Hall–Kier alpha value is -3.84. The molecule has 0 bridgehead atoms. The van der Waals surface area contributed by atoms with Crippen LogP contribution < -0.4 is 10.5 Å². The number of pyridine rings is 2. The van der Waals surface area contributed by atoms with Gasteiger partial charge in [-0.15, -0.1) is 0 Å². The van der Waals surface area contributed by atoms with Gasteiger partial charge in [-0.05, 0) is 42.8 Å². The summed E-state index contributed by atoms with van der Waals surface area (Å²) in [6.45, 7) is 5.19. The molecule has 174 valence electrons. The molecule has 7 heteroatoms. The van der Waals surface area contributed by atoms with Crippen LogP contribution in [0.3, 0.4) is 0 Å². The Bertz CT molecular complexity index is 1280. The molecule has 0 spiro atoms. The van der Waals surface area contributed by atoms with Crippen molar-refractivity contribution < 1.29 is 9.52 Å². The van der Waals surface area contributed by atoms with E-state index in [1.165, 1.54) is 0 Å². The van der Waals surface area contributed by atoms with Gasteiger partial charge in [-0.1, -0.05) is 36.4 Å². The Balaban J connectivity index is 1.52. The molecule has 1 fully saturated rings. The van der Waals surface area contributed by atoms with Crippen LogP contribution in [0.4, 0.5) is 5.82 Å². The molecule has 1 saturated heterocycles. The van der Waals surface area contributed by atoms with Gasteiger partial charge in [0, 0.05) is 38.1 Å². The summed E-state index contributed by atoms with van der Waals surface area (Å²) in [4.78, 5) is 22.8. The molecular weight excluding hydrogens is 428 g/mol. The van der Waals surface area contributed by atoms with Crippen LogP contribution in [-0.4, -0.2) is 45.7 Å². The lowest BCUT2D eigenvalue weighted by molar-refractivity contribution is 0.207. The molecule has 34 heavy (non-hydrogen) atoms. The lowest BCUT2D eigenvalue weighted by Gasteiger charge is -2.40. The molecule has 1 N–H and O–H groups in total. The van der Waals surface area contributed by atoms with Crippen LogP contribution in [0.15, 0.2) is 88.4 Å². The van der Waals surface area contributed by atoms with Crippen LogP contribution in [-0.2, 0) is 6.54 Å². The summed E-state index contributed by atoms with van der Waals surface area (Å²) in [5.41, 5.74) is 1.87. The van der Waals surface area contributed by atoms with Gasteiger partial charge in [-0.25, -0.2) is 4.98 Å². The molecule has 0 amide bonds. The molecule has 1 aliphatic rings. The van der Waals surface area contributed by atoms with Crippen molar-refractivity contribution in [2.24, 2.45) is 0 Å². The SMILES string of the molecule is Cc1cc(O)c([C@H](c2ccccc2)N2CCN(c3ccccn3)CC2)c(=O)n1Cc1ccco1. The molecule has 0 radical (unpaired) electrons. The minimum atomic E-state index is -0.358. The van der Waals surface area contributed by atoms with Gasteiger partial charge < -0.3 is 19.0 Å². The van der Waals surface area contributed by atoms with Crippen molar-refractivity contribution in [3.8, 4) is 5.75 Å². The van der Waals surface area contributed by atoms with E-state index < -0.39 is 0 Å². The topological polar surface area (TPSA) is 74.7 Å². The maximum Gasteiger partial charge on any atom is 0.260 e. The Morgan fingerprint density at radius 2 is 1.76 bits per heavy atom. The van der Waals surface area contributed by atoms with Gasteiger partial charge in [-0.3, -0.25) is 9.69 Å². The predicted molar refractivity (Wildman–Crippen MR) is 131 cm³/mol. The number of anilines is 1. The summed E-state index contributed by atoms with van der Waals surface area (Å²) in [7, 11) is 0. The average molecular weight is 457 g/mol. The van der Waals surface area contributed by atoms with Gasteiger partial charge >= 0.3 is 0 Å². The molecular formula is C27H28N4O3. The zero-order valence-corrected chi connectivity index (χ0v) is 19.2. The number of furan rings is 1. The zero-order chi connectivity index (χ0) is 23.5. The van der Waals surface area contributed by atoms with Gasteiger partial charge in [0.05, 0.1) is 24.4 Å². The number of aromatic hydroxyl groups is 1. The van der Waals surface area contributed by atoms with Gasteiger partial charge in [-0.2, -0.15) is 0 Å². The lowest BCUT2D eigenvalue weighted by Crippen LogP contribution is -2.49. The normalized spacial score (nSPS) is 15.4. The highest BCUT2D eigenvalue weighted by molar-refractivity contribution is 5.42. The largest absolute Gasteiger partial charge is 0.507 e. The second-order valence-electron chi connectivity index (χ2n) is 8.58. The van der Waals surface area contributed by atoms with E-state index in [9.17, 15) is 9.90 Å². The Labute approximate surface area is 198 Å². The molecule has 0 unspecified atom stereocenters. The number of hydrogen-bond acceptors (Lipinski definition) is 6. The van der Waals surface area contributed by atoms with E-state index in [-0.39, 0.29) is 17.4 Å². The standard InChI is InChI=1S/C27H28N4O3/c1-20-18-23(32)25(27(33)31(20)19-22-10-7-17-34-22)26(21-8-3-2-4-9-21)30-15-13-29(14-16-30)24-11-5-6-12-28-24/h2-12,17-18,26,32H,13-16,19H2,1H3/t26-/m0/s1. The van der Waals surface area contributed by atoms with Crippen LogP contribution in [0.5, 0.6) is 5.75 Å². The monoisotopic (exact) mass is 456 g/mol. The van der Waals surface area contributed by atoms with Crippen molar-refractivity contribution in [2.75, 3.05) is 31.1 Å². The summed E-state index contributed by atoms with van der Waals surface area (Å²) < 4.78 is 7.16. The first kappa shape index (κ1) is 22.0. The fraction of sp³-hybridized carbons (Fsp3) is 0.259. The van der Waals surface area contributed by atoms with Crippen molar-refractivity contribution >= 4 is 5.82 Å². The van der Waals surface area contributed by atoms with E-state index in [0.29, 0.717) is 23.6 Å². The summed E-state index contributed by atoms with van der Waals surface area (Å²) in [6.07, 6.45) is 3.41. The van der Waals surface area contributed by atoms with E-state index in [2.05, 4.69) is 14.8 Å². The van der Waals surface area contributed by atoms with Gasteiger partial charge in [0.2, 0.25) is 0 Å². The average Bonchev–Trinajstić information content (AvgIpc) is 3.39. The van der Waals surface area contributed by atoms with Crippen LogP contribution >= 0.6 is 0 Å². The highest BCUT2D eigenvalue weighted by Gasteiger charge is 2.31.